The number of thiazole rings is 1. The highest BCUT2D eigenvalue weighted by Crippen LogP contribution is 2.30. The van der Waals surface area contributed by atoms with E-state index in [2.05, 4.69) is 15.4 Å². The third kappa shape index (κ3) is 4.31. The number of hydrogen-bond donors (Lipinski definition) is 2. The molecule has 2 aromatic heterocycles. The topological polar surface area (TPSA) is 103 Å². The lowest BCUT2D eigenvalue weighted by Crippen LogP contribution is -2.30. The van der Waals surface area contributed by atoms with Crippen molar-refractivity contribution in [2.75, 3.05) is 18.5 Å². The Hall–Kier alpha value is -2.37. The first-order valence-electron chi connectivity index (χ1n) is 9.13. The molecular formula is C18H19FN4O4S2. The van der Waals surface area contributed by atoms with Crippen LogP contribution in [-0.4, -0.2) is 42.3 Å². The molecule has 0 radical (unpaired) electrons. The lowest BCUT2D eigenvalue weighted by Gasteiger charge is -2.26. The third-order valence-corrected chi connectivity index (χ3v) is 6.50. The van der Waals surface area contributed by atoms with E-state index in [1.165, 1.54) is 12.3 Å². The number of nitrogens with zero attached hydrogens (tertiary/aromatic N) is 3. The molecule has 1 unspecified atom stereocenters. The van der Waals surface area contributed by atoms with E-state index < -0.39 is 21.9 Å². The summed E-state index contributed by atoms with van der Waals surface area (Å²) in [5.74, 6) is -0.112. The fourth-order valence-corrected chi connectivity index (χ4v) is 4.70. The van der Waals surface area contributed by atoms with Gasteiger partial charge in [0.1, 0.15) is 6.04 Å². The maximum Gasteiger partial charge on any atom is 0.251 e. The summed E-state index contributed by atoms with van der Waals surface area (Å²) in [7, 11) is -2.79. The van der Waals surface area contributed by atoms with Crippen LogP contribution in [0.1, 0.15) is 25.3 Å². The van der Waals surface area contributed by atoms with Crippen molar-refractivity contribution in [1.82, 2.24) is 14.8 Å². The molecule has 1 amide bonds. The summed E-state index contributed by atoms with van der Waals surface area (Å²) in [6.45, 7) is 1.27. The SMILES string of the molecule is O=C(Nc1ncc(F)s1)C(CC1CCOCC1)n1ncc2c([SH](=O)=O)cccc21. The Morgan fingerprint density at radius 1 is 1.34 bits per heavy atom. The van der Waals surface area contributed by atoms with Crippen molar-refractivity contribution >= 4 is 44.0 Å². The van der Waals surface area contributed by atoms with E-state index in [9.17, 15) is 17.6 Å². The van der Waals surface area contributed by atoms with Gasteiger partial charge < -0.3 is 10.1 Å². The lowest BCUT2D eigenvalue weighted by molar-refractivity contribution is -0.120. The Bertz CT molecular complexity index is 1100. The summed E-state index contributed by atoms with van der Waals surface area (Å²) in [6.07, 6.45) is 4.67. The van der Waals surface area contributed by atoms with Crippen molar-refractivity contribution in [2.45, 2.75) is 30.2 Å². The number of nitrogens with one attached hydrogen (secondary N) is 1. The number of anilines is 1. The predicted octanol–water partition coefficient (Wildman–Crippen LogP) is 2.60. The average Bonchev–Trinajstić information content (AvgIpc) is 3.32. The summed E-state index contributed by atoms with van der Waals surface area (Å²) < 4.78 is 43.3. The molecule has 1 atom stereocenters. The van der Waals surface area contributed by atoms with Crippen molar-refractivity contribution in [1.29, 1.82) is 0 Å². The van der Waals surface area contributed by atoms with Gasteiger partial charge in [0.2, 0.25) is 0 Å². The number of amides is 1. The van der Waals surface area contributed by atoms with Crippen LogP contribution in [0.4, 0.5) is 9.52 Å². The molecule has 1 N–H and O–H groups in total. The predicted molar refractivity (Wildman–Crippen MR) is 106 cm³/mol. The molecule has 3 aromatic rings. The van der Waals surface area contributed by atoms with Gasteiger partial charge in [-0.3, -0.25) is 9.48 Å². The highest BCUT2D eigenvalue weighted by molar-refractivity contribution is 7.72. The highest BCUT2D eigenvalue weighted by Gasteiger charge is 2.29. The standard InChI is InChI=1S/C18H19FN4O4S2/c19-16-10-20-18(28-16)22-17(24)14(8-11-4-6-27-7-5-11)23-13-2-1-3-15(29(25)26)12(13)9-21-23/h1-3,9-11,14,29H,4-8H2,(H,20,22,24). The van der Waals surface area contributed by atoms with E-state index >= 15 is 0 Å². The minimum absolute atomic E-state index is 0.163. The molecule has 0 aliphatic carbocycles. The fraction of sp³-hybridized carbons (Fsp3) is 0.389. The molecule has 1 aromatic carbocycles. The summed E-state index contributed by atoms with van der Waals surface area (Å²) in [5.41, 5.74) is 0.555. The fourth-order valence-electron chi connectivity index (χ4n) is 3.58. The molecule has 1 aliphatic rings. The van der Waals surface area contributed by atoms with Crippen LogP contribution >= 0.6 is 11.3 Å². The molecule has 3 heterocycles. The highest BCUT2D eigenvalue weighted by atomic mass is 32.2. The molecule has 0 spiro atoms. The zero-order valence-corrected chi connectivity index (χ0v) is 17.0. The van der Waals surface area contributed by atoms with Crippen molar-refractivity contribution < 1.29 is 22.3 Å². The molecule has 0 saturated carbocycles. The number of halogens is 1. The van der Waals surface area contributed by atoms with E-state index in [4.69, 9.17) is 4.74 Å². The second-order valence-corrected chi connectivity index (χ2v) is 8.80. The van der Waals surface area contributed by atoms with Gasteiger partial charge in [0.15, 0.2) is 21.0 Å². The molecule has 4 rings (SSSR count). The number of aromatic nitrogens is 3. The van der Waals surface area contributed by atoms with Crippen molar-refractivity contribution in [3.8, 4) is 0 Å². The van der Waals surface area contributed by atoms with Gasteiger partial charge in [0, 0.05) is 18.6 Å². The van der Waals surface area contributed by atoms with Gasteiger partial charge in [-0.05, 0) is 37.3 Å². The van der Waals surface area contributed by atoms with Crippen molar-refractivity contribution in [3.05, 3.63) is 35.7 Å². The van der Waals surface area contributed by atoms with E-state index in [1.807, 2.05) is 0 Å². The molecule has 1 saturated heterocycles. The van der Waals surface area contributed by atoms with Gasteiger partial charge in [-0.1, -0.05) is 17.4 Å². The monoisotopic (exact) mass is 438 g/mol. The van der Waals surface area contributed by atoms with Crippen LogP contribution < -0.4 is 5.32 Å². The van der Waals surface area contributed by atoms with Crippen molar-refractivity contribution in [2.24, 2.45) is 5.92 Å². The van der Waals surface area contributed by atoms with Gasteiger partial charge in [-0.15, -0.1) is 0 Å². The minimum Gasteiger partial charge on any atom is -0.381 e. The summed E-state index contributed by atoms with van der Waals surface area (Å²) >= 11 is 0.747. The number of thiol groups is 1. The van der Waals surface area contributed by atoms with Crippen LogP contribution in [-0.2, 0) is 20.2 Å². The first-order valence-corrected chi connectivity index (χ1v) is 11.1. The molecule has 1 fully saturated rings. The van der Waals surface area contributed by atoms with E-state index in [0.717, 1.165) is 30.4 Å². The van der Waals surface area contributed by atoms with Gasteiger partial charge >= 0.3 is 0 Å². The normalized spacial score (nSPS) is 16.3. The number of carbonyl (C=O) groups is 1. The van der Waals surface area contributed by atoms with Gasteiger partial charge in [0.25, 0.3) is 5.91 Å². The number of rotatable bonds is 6. The van der Waals surface area contributed by atoms with Crippen molar-refractivity contribution in [3.63, 3.8) is 0 Å². The third-order valence-electron chi connectivity index (χ3n) is 5.02. The van der Waals surface area contributed by atoms with Gasteiger partial charge in [-0.25, -0.2) is 13.4 Å². The summed E-state index contributed by atoms with van der Waals surface area (Å²) in [4.78, 5) is 17.1. The second kappa shape index (κ2) is 8.56. The Morgan fingerprint density at radius 3 is 2.83 bits per heavy atom. The Labute approximate surface area is 171 Å². The Morgan fingerprint density at radius 2 is 2.14 bits per heavy atom. The molecule has 29 heavy (non-hydrogen) atoms. The van der Waals surface area contributed by atoms with Crippen LogP contribution in [0.25, 0.3) is 10.9 Å². The summed E-state index contributed by atoms with van der Waals surface area (Å²) in [5, 5.41) is 7.14. The maximum atomic E-state index is 13.3. The largest absolute Gasteiger partial charge is 0.381 e. The zero-order chi connectivity index (χ0) is 20.4. The molecule has 8 nitrogen and oxygen atoms in total. The number of hydrogen-bond acceptors (Lipinski definition) is 7. The molecule has 11 heteroatoms. The number of benzene rings is 1. The minimum atomic E-state index is -2.79. The lowest BCUT2D eigenvalue weighted by atomic mass is 9.92. The zero-order valence-electron chi connectivity index (χ0n) is 15.3. The first kappa shape index (κ1) is 19.9. The van der Waals surface area contributed by atoms with Gasteiger partial charge in [-0.2, -0.15) is 9.49 Å². The second-order valence-electron chi connectivity index (χ2n) is 6.82. The maximum absolute atomic E-state index is 13.3. The Kier molecular flexibility index (Phi) is 5.88. The number of carbonyl (C=O) groups excluding carboxylic acids is 1. The van der Waals surface area contributed by atoms with E-state index in [1.54, 1.807) is 16.8 Å². The average molecular weight is 439 g/mol. The summed E-state index contributed by atoms with van der Waals surface area (Å²) in [6, 6.07) is 4.17. The molecular weight excluding hydrogens is 419 g/mol. The smallest absolute Gasteiger partial charge is 0.251 e. The molecule has 1 aliphatic heterocycles. The number of ether oxygens (including phenoxy) is 1. The van der Waals surface area contributed by atoms with E-state index in [0.29, 0.717) is 30.5 Å². The first-order chi connectivity index (χ1) is 14.0. The van der Waals surface area contributed by atoms with Crippen LogP contribution in [0.2, 0.25) is 0 Å². The Balaban J connectivity index is 1.70. The van der Waals surface area contributed by atoms with Crippen LogP contribution in [0.15, 0.2) is 35.5 Å². The quantitative estimate of drug-likeness (QED) is 0.574. The van der Waals surface area contributed by atoms with Crippen LogP contribution in [0.3, 0.4) is 0 Å². The molecule has 154 valence electrons. The molecule has 0 bridgehead atoms. The van der Waals surface area contributed by atoms with E-state index in [-0.39, 0.29) is 21.9 Å². The van der Waals surface area contributed by atoms with Crippen LogP contribution in [0.5, 0.6) is 0 Å². The van der Waals surface area contributed by atoms with Gasteiger partial charge in [0.05, 0.1) is 22.8 Å². The number of fused-ring (bicyclic) bond motifs is 1. The van der Waals surface area contributed by atoms with Crippen LogP contribution in [0, 0.1) is 11.0 Å².